The van der Waals surface area contributed by atoms with Crippen LogP contribution in [0.3, 0.4) is 0 Å². The number of rotatable bonds is 5. The van der Waals surface area contributed by atoms with Crippen molar-refractivity contribution in [3.63, 3.8) is 0 Å². The molecule has 1 fully saturated rings. The molecule has 3 rings (SSSR count). The van der Waals surface area contributed by atoms with E-state index in [1.807, 2.05) is 0 Å². The lowest BCUT2D eigenvalue weighted by molar-refractivity contribution is 0.0761. The van der Waals surface area contributed by atoms with Gasteiger partial charge in [0.2, 0.25) is 0 Å². The summed E-state index contributed by atoms with van der Waals surface area (Å²) in [7, 11) is -7.46. The third-order valence-electron chi connectivity index (χ3n) is 5.05. The predicted octanol–water partition coefficient (Wildman–Crippen LogP) is 1.14. The van der Waals surface area contributed by atoms with Gasteiger partial charge in [-0.1, -0.05) is 0 Å². The van der Waals surface area contributed by atoms with Crippen molar-refractivity contribution in [2.45, 2.75) is 22.8 Å². The number of furan rings is 1. The van der Waals surface area contributed by atoms with E-state index in [1.165, 1.54) is 23.3 Å². The van der Waals surface area contributed by atoms with E-state index >= 15 is 0 Å². The molecule has 1 aliphatic heterocycles. The standard InChI is InChI=1S/C20H25N3O7S2/c1-31(26,27)17-11-15(12-18(13-17)32(2,28)29)19(24)22-6-4-7-23(9-8-22)20(25)21-14-16-5-3-10-30-16/h3,5,10-13H,4,6-9,14H2,1-2H3,(H,21,25). The molecule has 0 aliphatic carbocycles. The van der Waals surface area contributed by atoms with Crippen LogP contribution in [0, 0.1) is 0 Å². The summed E-state index contributed by atoms with van der Waals surface area (Å²) in [6.45, 7) is 1.53. The van der Waals surface area contributed by atoms with Gasteiger partial charge in [0.1, 0.15) is 5.76 Å². The summed E-state index contributed by atoms with van der Waals surface area (Å²) in [5.74, 6) is 0.135. The Hall–Kier alpha value is -2.86. The van der Waals surface area contributed by atoms with Crippen molar-refractivity contribution in [3.8, 4) is 0 Å². The van der Waals surface area contributed by atoms with Crippen LogP contribution in [-0.4, -0.2) is 77.3 Å². The fourth-order valence-corrected chi connectivity index (χ4v) is 4.76. The Bertz CT molecular complexity index is 1160. The number of urea groups is 1. The molecule has 10 nitrogen and oxygen atoms in total. The third-order valence-corrected chi connectivity index (χ3v) is 7.23. The summed E-state index contributed by atoms with van der Waals surface area (Å²) < 4.78 is 53.2. The smallest absolute Gasteiger partial charge is 0.317 e. The van der Waals surface area contributed by atoms with Gasteiger partial charge in [0.25, 0.3) is 5.91 Å². The lowest BCUT2D eigenvalue weighted by Gasteiger charge is -2.22. The fraction of sp³-hybridized carbons (Fsp3) is 0.400. The van der Waals surface area contributed by atoms with Crippen LogP contribution in [0.15, 0.2) is 50.8 Å². The number of nitrogens with zero attached hydrogens (tertiary/aromatic N) is 2. The molecule has 2 aromatic rings. The van der Waals surface area contributed by atoms with Gasteiger partial charge < -0.3 is 19.5 Å². The molecule has 3 amide bonds. The van der Waals surface area contributed by atoms with E-state index in [0.717, 1.165) is 18.6 Å². The second-order valence-electron chi connectivity index (χ2n) is 7.61. The average Bonchev–Trinajstić information content (AvgIpc) is 3.12. The summed E-state index contributed by atoms with van der Waals surface area (Å²) in [4.78, 5) is 28.1. The van der Waals surface area contributed by atoms with Crippen molar-refractivity contribution in [2.75, 3.05) is 38.7 Å². The van der Waals surface area contributed by atoms with Crippen molar-refractivity contribution in [3.05, 3.63) is 47.9 Å². The fourth-order valence-electron chi connectivity index (χ4n) is 3.32. The van der Waals surface area contributed by atoms with Crippen LogP contribution >= 0.6 is 0 Å². The normalized spacial score (nSPS) is 15.3. The average molecular weight is 484 g/mol. The Balaban J connectivity index is 1.73. The van der Waals surface area contributed by atoms with Gasteiger partial charge >= 0.3 is 6.03 Å². The number of sulfone groups is 2. The largest absolute Gasteiger partial charge is 0.467 e. The van der Waals surface area contributed by atoms with Crippen LogP contribution < -0.4 is 5.32 Å². The lowest BCUT2D eigenvalue weighted by atomic mass is 10.2. The maximum Gasteiger partial charge on any atom is 0.317 e. The molecule has 0 atom stereocenters. The molecule has 1 N–H and O–H groups in total. The van der Waals surface area contributed by atoms with Gasteiger partial charge in [0, 0.05) is 44.3 Å². The van der Waals surface area contributed by atoms with Gasteiger partial charge in [-0.3, -0.25) is 4.79 Å². The van der Waals surface area contributed by atoms with E-state index in [1.54, 1.807) is 17.0 Å². The summed E-state index contributed by atoms with van der Waals surface area (Å²) >= 11 is 0. The highest BCUT2D eigenvalue weighted by molar-refractivity contribution is 7.91. The molecule has 0 radical (unpaired) electrons. The molecule has 174 valence electrons. The van der Waals surface area contributed by atoms with Gasteiger partial charge in [-0.15, -0.1) is 0 Å². The highest BCUT2D eigenvalue weighted by Crippen LogP contribution is 2.21. The Morgan fingerprint density at radius 3 is 2.09 bits per heavy atom. The predicted molar refractivity (Wildman–Crippen MR) is 116 cm³/mol. The Kier molecular flexibility index (Phi) is 6.94. The van der Waals surface area contributed by atoms with E-state index < -0.39 is 25.6 Å². The number of hydrogen-bond donors (Lipinski definition) is 1. The first-order valence-corrected chi connectivity index (χ1v) is 13.6. The monoisotopic (exact) mass is 483 g/mol. The Morgan fingerprint density at radius 1 is 0.938 bits per heavy atom. The van der Waals surface area contributed by atoms with Gasteiger partial charge in [-0.25, -0.2) is 21.6 Å². The molecule has 1 aromatic heterocycles. The number of carbonyl (C=O) groups is 2. The van der Waals surface area contributed by atoms with Crippen LogP contribution in [0.1, 0.15) is 22.5 Å². The molecule has 0 bridgehead atoms. The molecule has 32 heavy (non-hydrogen) atoms. The zero-order valence-corrected chi connectivity index (χ0v) is 19.4. The van der Waals surface area contributed by atoms with E-state index in [9.17, 15) is 26.4 Å². The van der Waals surface area contributed by atoms with Crippen LogP contribution in [0.2, 0.25) is 0 Å². The molecule has 1 saturated heterocycles. The first kappa shape index (κ1) is 23.8. The molecular formula is C20H25N3O7S2. The first-order valence-electron chi connectivity index (χ1n) is 9.85. The number of nitrogens with one attached hydrogen (secondary N) is 1. The second kappa shape index (κ2) is 9.33. The van der Waals surface area contributed by atoms with Crippen molar-refractivity contribution in [1.29, 1.82) is 0 Å². The molecule has 12 heteroatoms. The van der Waals surface area contributed by atoms with Crippen LogP contribution in [-0.2, 0) is 26.2 Å². The van der Waals surface area contributed by atoms with Crippen LogP contribution in [0.5, 0.6) is 0 Å². The van der Waals surface area contributed by atoms with Crippen LogP contribution in [0.4, 0.5) is 4.79 Å². The first-order chi connectivity index (χ1) is 14.9. The molecule has 0 saturated carbocycles. The van der Waals surface area contributed by atoms with Gasteiger partial charge in [-0.2, -0.15) is 0 Å². The van der Waals surface area contributed by atoms with Crippen molar-refractivity contribution < 1.29 is 30.8 Å². The highest BCUT2D eigenvalue weighted by Gasteiger charge is 2.25. The number of hydrogen-bond acceptors (Lipinski definition) is 7. The molecule has 2 heterocycles. The minimum absolute atomic E-state index is 0.0240. The van der Waals surface area contributed by atoms with Crippen molar-refractivity contribution in [2.24, 2.45) is 0 Å². The highest BCUT2D eigenvalue weighted by atomic mass is 32.2. The molecule has 1 aliphatic rings. The van der Waals surface area contributed by atoms with Crippen molar-refractivity contribution >= 4 is 31.6 Å². The van der Waals surface area contributed by atoms with E-state index in [2.05, 4.69) is 5.32 Å². The number of carbonyl (C=O) groups excluding carboxylic acids is 2. The molecular weight excluding hydrogens is 458 g/mol. The van der Waals surface area contributed by atoms with Crippen molar-refractivity contribution in [1.82, 2.24) is 15.1 Å². The lowest BCUT2D eigenvalue weighted by Crippen LogP contribution is -2.42. The van der Waals surface area contributed by atoms with Crippen LogP contribution in [0.25, 0.3) is 0 Å². The topological polar surface area (TPSA) is 134 Å². The second-order valence-corrected chi connectivity index (χ2v) is 11.6. The molecule has 1 aromatic carbocycles. The van der Waals surface area contributed by atoms with E-state index in [4.69, 9.17) is 4.42 Å². The SMILES string of the molecule is CS(=O)(=O)c1cc(C(=O)N2CCCN(C(=O)NCc3ccco3)CC2)cc(S(C)(=O)=O)c1. The summed E-state index contributed by atoms with van der Waals surface area (Å²) in [6.07, 6.45) is 3.94. The zero-order chi connectivity index (χ0) is 23.5. The summed E-state index contributed by atoms with van der Waals surface area (Å²) in [5.41, 5.74) is -0.0240. The Labute approximate surface area is 187 Å². The minimum atomic E-state index is -3.73. The molecule has 0 unspecified atom stereocenters. The van der Waals surface area contributed by atoms with E-state index in [-0.39, 0.29) is 41.0 Å². The minimum Gasteiger partial charge on any atom is -0.467 e. The maximum absolute atomic E-state index is 13.1. The quantitative estimate of drug-likeness (QED) is 0.674. The van der Waals surface area contributed by atoms with Gasteiger partial charge in [0.15, 0.2) is 19.7 Å². The maximum atomic E-state index is 13.1. The Morgan fingerprint density at radius 2 is 1.53 bits per heavy atom. The third kappa shape index (κ3) is 5.88. The number of benzene rings is 1. The summed E-state index contributed by atoms with van der Waals surface area (Å²) in [6, 6.07) is 6.61. The van der Waals surface area contributed by atoms with Gasteiger partial charge in [-0.05, 0) is 36.8 Å². The van der Waals surface area contributed by atoms with E-state index in [0.29, 0.717) is 25.3 Å². The van der Waals surface area contributed by atoms with Gasteiger partial charge in [0.05, 0.1) is 22.6 Å². The summed E-state index contributed by atoms with van der Waals surface area (Å²) in [5, 5.41) is 2.76. The molecule has 0 spiro atoms. The zero-order valence-electron chi connectivity index (χ0n) is 17.8. The number of amides is 3.